The Morgan fingerprint density at radius 2 is 1.92 bits per heavy atom. The third-order valence-corrected chi connectivity index (χ3v) is 3.39. The van der Waals surface area contributed by atoms with E-state index >= 15 is 0 Å². The molecule has 0 unspecified atom stereocenters. The molecule has 74 valence electrons. The fourth-order valence-corrected chi connectivity index (χ4v) is 1.93. The Morgan fingerprint density at radius 3 is 2.23 bits per heavy atom. The van der Waals surface area contributed by atoms with Crippen LogP contribution < -0.4 is 0 Å². The highest BCUT2D eigenvalue weighted by Gasteiger charge is 2.34. The van der Waals surface area contributed by atoms with E-state index in [2.05, 4.69) is 6.07 Å². The smallest absolute Gasteiger partial charge is 0.198 e. The molecule has 0 amide bonds. The van der Waals surface area contributed by atoms with Gasteiger partial charge in [-0.3, -0.25) is 0 Å². The summed E-state index contributed by atoms with van der Waals surface area (Å²) in [5.74, 6) is 0. The van der Waals surface area contributed by atoms with Gasteiger partial charge in [-0.05, 0) is 19.8 Å². The fourth-order valence-electron chi connectivity index (χ4n) is 1.31. The minimum atomic E-state index is -4.56. The van der Waals surface area contributed by atoms with Crippen LogP contribution in [-0.4, -0.2) is 25.8 Å². The second-order valence-electron chi connectivity index (χ2n) is 3.51. The zero-order chi connectivity index (χ0) is 10.1. The maximum Gasteiger partial charge on any atom is 0.374 e. The van der Waals surface area contributed by atoms with Crippen molar-refractivity contribution in [3.05, 3.63) is 0 Å². The monoisotopic (exact) mass is 206 g/mol. The van der Waals surface area contributed by atoms with Gasteiger partial charge < -0.3 is 0 Å². The first-order valence-corrected chi connectivity index (χ1v) is 5.32. The molecular weight excluding hydrogens is 195 g/mol. The molecule has 0 atom stereocenters. The fraction of sp³-hybridized carbons (Fsp3) is 0.857. The van der Waals surface area contributed by atoms with Gasteiger partial charge in [0.25, 0.3) is 0 Å². The number of nitriles is 1. The maximum absolute atomic E-state index is 12.4. The Labute approximate surface area is 77.3 Å². The molecule has 0 saturated carbocycles. The molecule has 0 aromatic rings. The Hall–Kier alpha value is -0.670. The summed E-state index contributed by atoms with van der Waals surface area (Å²) in [5, 5.41) is 8.73. The molecule has 1 aliphatic heterocycles. The molecule has 0 N–H and O–H groups in total. The predicted molar refractivity (Wildman–Crippen MR) is 44.6 cm³/mol. The summed E-state index contributed by atoms with van der Waals surface area (Å²) in [6.45, 7) is 1.96. The van der Waals surface area contributed by atoms with E-state index < -0.39 is 15.8 Å². The minimum Gasteiger partial charge on any atom is -0.198 e. The summed E-state index contributed by atoms with van der Waals surface area (Å²) in [4.78, 5) is 0. The summed E-state index contributed by atoms with van der Waals surface area (Å²) in [7, 11) is -4.56. The van der Waals surface area contributed by atoms with Crippen molar-refractivity contribution in [3.63, 3.8) is 0 Å². The van der Waals surface area contributed by atoms with Gasteiger partial charge in [-0.15, -0.1) is 0 Å². The van der Waals surface area contributed by atoms with Crippen LogP contribution in [0.4, 0.5) is 3.89 Å². The van der Waals surface area contributed by atoms with Gasteiger partial charge in [0.2, 0.25) is 0 Å². The van der Waals surface area contributed by atoms with Gasteiger partial charge >= 0.3 is 10.4 Å². The van der Waals surface area contributed by atoms with Crippen LogP contribution in [0.15, 0.2) is 0 Å². The lowest BCUT2D eigenvalue weighted by Crippen LogP contribution is -2.39. The van der Waals surface area contributed by atoms with E-state index in [-0.39, 0.29) is 13.1 Å². The molecule has 0 radical (unpaired) electrons. The number of hydrogen-bond acceptors (Lipinski definition) is 3. The van der Waals surface area contributed by atoms with Gasteiger partial charge in [-0.25, -0.2) is 0 Å². The number of nitrogens with zero attached hydrogens (tertiary/aromatic N) is 2. The molecule has 0 spiro atoms. The molecule has 1 heterocycles. The summed E-state index contributed by atoms with van der Waals surface area (Å²) in [6.07, 6.45) is 0.791. The van der Waals surface area contributed by atoms with Gasteiger partial charge in [0.1, 0.15) is 0 Å². The van der Waals surface area contributed by atoms with Crippen LogP contribution in [0, 0.1) is 16.7 Å². The van der Waals surface area contributed by atoms with Crippen molar-refractivity contribution in [3.8, 4) is 6.07 Å². The first-order valence-electron chi connectivity index (χ1n) is 3.98. The van der Waals surface area contributed by atoms with Crippen molar-refractivity contribution >= 4 is 10.4 Å². The van der Waals surface area contributed by atoms with Crippen molar-refractivity contribution in [2.45, 2.75) is 19.8 Å². The van der Waals surface area contributed by atoms with Crippen LogP contribution >= 0.6 is 0 Å². The minimum absolute atomic E-state index is 0.100. The molecular formula is C7H11FN2O2S. The predicted octanol–water partition coefficient (Wildman–Crippen LogP) is 0.826. The topological polar surface area (TPSA) is 61.2 Å². The molecule has 0 aromatic carbocycles. The zero-order valence-electron chi connectivity index (χ0n) is 7.33. The number of rotatable bonds is 1. The first-order chi connectivity index (χ1) is 5.87. The molecule has 1 fully saturated rings. The lowest BCUT2D eigenvalue weighted by molar-refractivity contribution is 0.225. The number of piperidine rings is 1. The third kappa shape index (κ3) is 2.39. The highest BCUT2D eigenvalue weighted by atomic mass is 32.3. The third-order valence-electron chi connectivity index (χ3n) is 2.40. The van der Waals surface area contributed by atoms with E-state index in [1.54, 1.807) is 6.92 Å². The average Bonchev–Trinajstić information content (AvgIpc) is 2.04. The Bertz CT molecular complexity index is 325. The second kappa shape index (κ2) is 3.24. The van der Waals surface area contributed by atoms with Crippen molar-refractivity contribution in [1.82, 2.24) is 4.31 Å². The van der Waals surface area contributed by atoms with Crippen LogP contribution in [0.1, 0.15) is 19.8 Å². The molecule has 1 saturated heterocycles. The highest BCUT2D eigenvalue weighted by Crippen LogP contribution is 2.30. The van der Waals surface area contributed by atoms with Crippen molar-refractivity contribution in [1.29, 1.82) is 5.26 Å². The normalized spacial score (nSPS) is 23.8. The lowest BCUT2D eigenvalue weighted by Gasteiger charge is -2.31. The standard InChI is InChI=1S/C7H11FN2O2S/c1-7(6-9)2-4-10(5-3-7)13(8,11)12/h2-5H2,1H3. The van der Waals surface area contributed by atoms with Gasteiger partial charge in [0, 0.05) is 13.1 Å². The molecule has 0 aromatic heterocycles. The summed E-state index contributed by atoms with van der Waals surface area (Å²) >= 11 is 0. The van der Waals surface area contributed by atoms with E-state index in [1.807, 2.05) is 0 Å². The molecule has 0 bridgehead atoms. The van der Waals surface area contributed by atoms with Gasteiger partial charge in [0.05, 0.1) is 11.5 Å². The second-order valence-corrected chi connectivity index (χ2v) is 4.85. The molecule has 1 aliphatic rings. The van der Waals surface area contributed by atoms with E-state index in [0.29, 0.717) is 12.8 Å². The van der Waals surface area contributed by atoms with E-state index in [0.717, 1.165) is 4.31 Å². The van der Waals surface area contributed by atoms with Gasteiger partial charge in [-0.1, -0.05) is 3.89 Å². The van der Waals surface area contributed by atoms with E-state index in [4.69, 9.17) is 5.26 Å². The van der Waals surface area contributed by atoms with E-state index in [9.17, 15) is 12.3 Å². The number of hydrogen-bond donors (Lipinski definition) is 0. The zero-order valence-corrected chi connectivity index (χ0v) is 8.14. The van der Waals surface area contributed by atoms with Gasteiger partial charge in [0.15, 0.2) is 0 Å². The number of halogens is 1. The van der Waals surface area contributed by atoms with Gasteiger partial charge in [-0.2, -0.15) is 18.0 Å². The van der Waals surface area contributed by atoms with Crippen LogP contribution in [0.5, 0.6) is 0 Å². The van der Waals surface area contributed by atoms with E-state index in [1.165, 1.54) is 0 Å². The summed E-state index contributed by atoms with van der Waals surface area (Å²) in [6, 6.07) is 2.11. The van der Waals surface area contributed by atoms with Crippen LogP contribution in [-0.2, 0) is 10.4 Å². The van der Waals surface area contributed by atoms with Crippen molar-refractivity contribution < 1.29 is 12.3 Å². The largest absolute Gasteiger partial charge is 0.374 e. The Kier molecular flexibility index (Phi) is 2.59. The lowest BCUT2D eigenvalue weighted by atomic mass is 9.83. The molecule has 6 heteroatoms. The van der Waals surface area contributed by atoms with Crippen LogP contribution in [0.2, 0.25) is 0 Å². The maximum atomic E-state index is 12.4. The van der Waals surface area contributed by atoms with Crippen LogP contribution in [0.25, 0.3) is 0 Å². The van der Waals surface area contributed by atoms with Crippen molar-refractivity contribution in [2.75, 3.05) is 13.1 Å². The molecule has 4 nitrogen and oxygen atoms in total. The molecule has 13 heavy (non-hydrogen) atoms. The quantitative estimate of drug-likeness (QED) is 0.597. The van der Waals surface area contributed by atoms with Crippen LogP contribution in [0.3, 0.4) is 0 Å². The Morgan fingerprint density at radius 1 is 1.46 bits per heavy atom. The average molecular weight is 206 g/mol. The molecule has 0 aliphatic carbocycles. The van der Waals surface area contributed by atoms with Crippen molar-refractivity contribution in [2.24, 2.45) is 5.41 Å². The molecule has 1 rings (SSSR count). The highest BCUT2D eigenvalue weighted by molar-refractivity contribution is 7.83. The Balaban J connectivity index is 2.65. The SMILES string of the molecule is CC1(C#N)CCN(S(=O)(=O)F)CC1. The summed E-state index contributed by atoms with van der Waals surface area (Å²) < 4.78 is 34.1. The summed E-state index contributed by atoms with van der Waals surface area (Å²) in [5.41, 5.74) is -0.499. The first kappa shape index (κ1) is 10.4.